The number of rotatable bonds is 1. The minimum Gasteiger partial charge on any atom is -0.467 e. The molecule has 25 heavy (non-hydrogen) atoms. The Morgan fingerprint density at radius 1 is 1.20 bits per heavy atom. The number of furan rings is 1. The van der Waals surface area contributed by atoms with Gasteiger partial charge in [-0.1, -0.05) is 12.1 Å². The summed E-state index contributed by atoms with van der Waals surface area (Å²) in [6.07, 6.45) is 1.55. The molecule has 6 nitrogen and oxygen atoms in total. The molecule has 0 spiro atoms. The zero-order valence-corrected chi connectivity index (χ0v) is 14.3. The Kier molecular flexibility index (Phi) is 3.25. The molecule has 0 fully saturated rings. The summed E-state index contributed by atoms with van der Waals surface area (Å²) >= 11 is 0. The summed E-state index contributed by atoms with van der Waals surface area (Å²) in [5.74, 6) is 0.184. The molecule has 3 heterocycles. The van der Waals surface area contributed by atoms with Gasteiger partial charge in [-0.25, -0.2) is 0 Å². The van der Waals surface area contributed by atoms with Gasteiger partial charge < -0.3 is 15.1 Å². The van der Waals surface area contributed by atoms with Gasteiger partial charge in [0.25, 0.3) is 5.91 Å². The van der Waals surface area contributed by atoms with E-state index in [1.807, 2.05) is 38.1 Å². The van der Waals surface area contributed by atoms with Crippen LogP contribution < -0.4 is 15.5 Å². The third-order valence-corrected chi connectivity index (χ3v) is 4.67. The van der Waals surface area contributed by atoms with Gasteiger partial charge in [0.15, 0.2) is 0 Å². The fraction of sp³-hybridized carbons (Fsp3) is 0.263. The molecule has 0 aliphatic carbocycles. The van der Waals surface area contributed by atoms with Gasteiger partial charge >= 0.3 is 0 Å². The van der Waals surface area contributed by atoms with Crippen molar-refractivity contribution in [1.29, 1.82) is 0 Å². The lowest BCUT2D eigenvalue weighted by molar-refractivity contribution is -0.118. The van der Waals surface area contributed by atoms with E-state index in [-0.39, 0.29) is 11.8 Å². The molecule has 1 aromatic heterocycles. The Hall–Kier alpha value is -3.02. The number of hydrogen-bond donors (Lipinski definition) is 2. The van der Waals surface area contributed by atoms with Crippen molar-refractivity contribution in [3.05, 3.63) is 59.7 Å². The van der Waals surface area contributed by atoms with Gasteiger partial charge in [0, 0.05) is 6.92 Å². The van der Waals surface area contributed by atoms with Crippen LogP contribution in [-0.2, 0) is 9.59 Å². The molecule has 1 atom stereocenters. The van der Waals surface area contributed by atoms with Crippen molar-refractivity contribution < 1.29 is 14.0 Å². The average molecular weight is 337 g/mol. The third-order valence-electron chi connectivity index (χ3n) is 4.67. The predicted octanol–water partition coefficient (Wildman–Crippen LogP) is 2.96. The molecule has 2 aromatic rings. The Balaban J connectivity index is 2.04. The standard InChI is InChI=1S/C19H19N3O3/c1-11(23)22-13-8-5-4-7-12(13)20-17-15(18(24)21-19(17,2)3)16(22)14-9-6-10-25-14/h4-10,16,20H,1-3H3,(H,21,24). The van der Waals surface area contributed by atoms with Crippen LogP contribution in [0.25, 0.3) is 0 Å². The third kappa shape index (κ3) is 2.25. The molecular formula is C19H19N3O3. The van der Waals surface area contributed by atoms with Gasteiger partial charge in [0.2, 0.25) is 5.91 Å². The molecule has 1 unspecified atom stereocenters. The molecule has 0 saturated heterocycles. The number of nitrogens with one attached hydrogen (secondary N) is 2. The zero-order valence-electron chi connectivity index (χ0n) is 14.3. The van der Waals surface area contributed by atoms with Crippen molar-refractivity contribution in [2.24, 2.45) is 0 Å². The van der Waals surface area contributed by atoms with Gasteiger partial charge in [-0.2, -0.15) is 0 Å². The Labute approximate surface area is 145 Å². The second kappa shape index (κ2) is 5.24. The van der Waals surface area contributed by atoms with Crippen LogP contribution in [0.5, 0.6) is 0 Å². The van der Waals surface area contributed by atoms with Crippen LogP contribution >= 0.6 is 0 Å². The Bertz CT molecular complexity index is 896. The quantitative estimate of drug-likeness (QED) is 0.839. The molecule has 2 aliphatic rings. The van der Waals surface area contributed by atoms with Crippen molar-refractivity contribution in [3.63, 3.8) is 0 Å². The number of para-hydroxylation sites is 2. The smallest absolute Gasteiger partial charge is 0.252 e. The van der Waals surface area contributed by atoms with Crippen LogP contribution in [-0.4, -0.2) is 17.4 Å². The van der Waals surface area contributed by atoms with Gasteiger partial charge in [0.05, 0.1) is 34.4 Å². The summed E-state index contributed by atoms with van der Waals surface area (Å²) in [5, 5.41) is 6.37. The maximum atomic E-state index is 12.8. The first-order chi connectivity index (χ1) is 11.9. The normalized spacial score (nSPS) is 21.2. The summed E-state index contributed by atoms with van der Waals surface area (Å²) in [6.45, 7) is 5.37. The number of carbonyl (C=O) groups is 2. The van der Waals surface area contributed by atoms with Crippen molar-refractivity contribution in [1.82, 2.24) is 5.32 Å². The monoisotopic (exact) mass is 337 g/mol. The van der Waals surface area contributed by atoms with Gasteiger partial charge in [-0.15, -0.1) is 0 Å². The summed E-state index contributed by atoms with van der Waals surface area (Å²) in [6, 6.07) is 10.5. The van der Waals surface area contributed by atoms with Crippen LogP contribution in [0.4, 0.5) is 11.4 Å². The lowest BCUT2D eigenvalue weighted by atomic mass is 9.96. The van der Waals surface area contributed by atoms with E-state index in [9.17, 15) is 9.59 Å². The zero-order chi connectivity index (χ0) is 17.8. The SMILES string of the molecule is CC(=O)N1c2ccccc2NC2=C(C(=O)NC2(C)C)C1c1ccco1. The van der Waals surface area contributed by atoms with E-state index >= 15 is 0 Å². The second-order valence-electron chi connectivity index (χ2n) is 6.82. The Morgan fingerprint density at radius 2 is 1.96 bits per heavy atom. The van der Waals surface area contributed by atoms with Gasteiger partial charge in [-0.05, 0) is 38.1 Å². The van der Waals surface area contributed by atoms with Gasteiger partial charge in [0.1, 0.15) is 11.8 Å². The topological polar surface area (TPSA) is 74.6 Å². The lowest BCUT2D eigenvalue weighted by Gasteiger charge is -2.29. The number of nitrogens with zero attached hydrogens (tertiary/aromatic N) is 1. The lowest BCUT2D eigenvalue weighted by Crippen LogP contribution is -2.41. The molecule has 0 saturated carbocycles. The molecule has 2 amide bonds. The highest BCUT2D eigenvalue weighted by atomic mass is 16.3. The van der Waals surface area contributed by atoms with Crippen LogP contribution in [0.1, 0.15) is 32.6 Å². The summed E-state index contributed by atoms with van der Waals surface area (Å²) in [5.41, 5.74) is 2.19. The first kappa shape index (κ1) is 15.5. The van der Waals surface area contributed by atoms with E-state index in [1.54, 1.807) is 23.3 Å². The molecule has 0 bridgehead atoms. The average Bonchev–Trinajstić information content (AvgIpc) is 3.09. The van der Waals surface area contributed by atoms with Crippen molar-refractivity contribution in [2.45, 2.75) is 32.4 Å². The Morgan fingerprint density at radius 3 is 2.64 bits per heavy atom. The van der Waals surface area contributed by atoms with Crippen LogP contribution in [0, 0.1) is 0 Å². The minimum absolute atomic E-state index is 0.165. The van der Waals surface area contributed by atoms with E-state index in [2.05, 4.69) is 10.6 Å². The van der Waals surface area contributed by atoms with E-state index in [4.69, 9.17) is 4.42 Å². The largest absolute Gasteiger partial charge is 0.467 e. The molecule has 2 aliphatic heterocycles. The molecule has 4 rings (SSSR count). The van der Waals surface area contributed by atoms with Crippen molar-refractivity contribution >= 4 is 23.2 Å². The summed E-state index contributed by atoms with van der Waals surface area (Å²) in [7, 11) is 0. The minimum atomic E-state index is -0.625. The maximum absolute atomic E-state index is 12.8. The first-order valence-corrected chi connectivity index (χ1v) is 8.16. The highest BCUT2D eigenvalue weighted by Crippen LogP contribution is 2.45. The molecule has 6 heteroatoms. The summed E-state index contributed by atoms with van der Waals surface area (Å²) < 4.78 is 5.61. The molecular weight excluding hydrogens is 318 g/mol. The van der Waals surface area contributed by atoms with Gasteiger partial charge in [-0.3, -0.25) is 14.5 Å². The van der Waals surface area contributed by atoms with E-state index < -0.39 is 11.6 Å². The van der Waals surface area contributed by atoms with E-state index in [1.165, 1.54) is 6.92 Å². The molecule has 1 aromatic carbocycles. The summed E-state index contributed by atoms with van der Waals surface area (Å²) in [4.78, 5) is 27.0. The number of fused-ring (bicyclic) bond motifs is 1. The number of carbonyl (C=O) groups excluding carboxylic acids is 2. The van der Waals surface area contributed by atoms with Crippen LogP contribution in [0.3, 0.4) is 0 Å². The van der Waals surface area contributed by atoms with Crippen LogP contribution in [0.2, 0.25) is 0 Å². The van der Waals surface area contributed by atoms with Crippen LogP contribution in [0.15, 0.2) is 58.3 Å². The van der Waals surface area contributed by atoms with Crippen molar-refractivity contribution in [3.8, 4) is 0 Å². The number of hydrogen-bond acceptors (Lipinski definition) is 4. The molecule has 128 valence electrons. The second-order valence-corrected chi connectivity index (χ2v) is 6.82. The highest BCUT2D eigenvalue weighted by Gasteiger charge is 2.47. The highest BCUT2D eigenvalue weighted by molar-refractivity contribution is 6.06. The fourth-order valence-corrected chi connectivity index (χ4v) is 3.61. The molecule has 2 N–H and O–H groups in total. The number of anilines is 2. The fourth-order valence-electron chi connectivity index (χ4n) is 3.61. The number of amides is 2. The molecule has 0 radical (unpaired) electrons. The van der Waals surface area contributed by atoms with E-state index in [0.717, 1.165) is 17.1 Å². The predicted molar refractivity (Wildman–Crippen MR) is 93.9 cm³/mol. The maximum Gasteiger partial charge on any atom is 0.252 e. The first-order valence-electron chi connectivity index (χ1n) is 8.16. The number of benzene rings is 1. The van der Waals surface area contributed by atoms with E-state index in [0.29, 0.717) is 11.3 Å². The van der Waals surface area contributed by atoms with Crippen molar-refractivity contribution in [2.75, 3.05) is 10.2 Å².